The zero-order valence-electron chi connectivity index (χ0n) is 11.0. The Hall–Kier alpha value is 0.130. The molecule has 2 aromatic rings. The number of hydrogen-bond acceptors (Lipinski definition) is 0. The van der Waals surface area contributed by atoms with E-state index < -0.39 is 0 Å². The van der Waals surface area contributed by atoms with Crippen LogP contribution in [0.15, 0.2) is 40.9 Å². The first-order chi connectivity index (χ1) is 9.65. The van der Waals surface area contributed by atoms with Gasteiger partial charge in [0.15, 0.2) is 0 Å². The van der Waals surface area contributed by atoms with Gasteiger partial charge in [0.05, 0.1) is 4.83 Å². The van der Waals surface area contributed by atoms with Gasteiger partial charge in [-0.25, -0.2) is 0 Å². The molecule has 0 N–H and O–H groups in total. The number of fused-ring (bicyclic) bond motifs is 1. The highest BCUT2D eigenvalue weighted by atomic mass is 127. The first-order valence-electron chi connectivity index (χ1n) is 6.86. The van der Waals surface area contributed by atoms with E-state index in [2.05, 4.69) is 90.8 Å². The van der Waals surface area contributed by atoms with E-state index in [1.807, 2.05) is 0 Å². The van der Waals surface area contributed by atoms with Gasteiger partial charge >= 0.3 is 0 Å². The SMILES string of the molecule is Brc1ccc(I)c(C(Br)c2ccc3c(c2)CCCC3)c1. The molecule has 0 nitrogen and oxygen atoms in total. The van der Waals surface area contributed by atoms with Crippen LogP contribution < -0.4 is 0 Å². The van der Waals surface area contributed by atoms with Crippen molar-refractivity contribution in [2.24, 2.45) is 0 Å². The van der Waals surface area contributed by atoms with Gasteiger partial charge in [-0.15, -0.1) is 0 Å². The zero-order chi connectivity index (χ0) is 14.1. The van der Waals surface area contributed by atoms with E-state index >= 15 is 0 Å². The van der Waals surface area contributed by atoms with Crippen molar-refractivity contribution in [2.75, 3.05) is 0 Å². The summed E-state index contributed by atoms with van der Waals surface area (Å²) < 4.78 is 2.43. The van der Waals surface area contributed by atoms with Crippen molar-refractivity contribution in [2.45, 2.75) is 30.5 Å². The minimum Gasteiger partial charge on any atom is -0.0786 e. The third-order valence-electron chi connectivity index (χ3n) is 3.90. The van der Waals surface area contributed by atoms with E-state index in [9.17, 15) is 0 Å². The number of hydrogen-bond donors (Lipinski definition) is 0. The molecule has 1 aliphatic rings. The third kappa shape index (κ3) is 3.14. The van der Waals surface area contributed by atoms with Crippen LogP contribution in [0, 0.1) is 3.57 Å². The van der Waals surface area contributed by atoms with Gasteiger partial charge in [0.25, 0.3) is 0 Å². The van der Waals surface area contributed by atoms with Gasteiger partial charge in [0.2, 0.25) is 0 Å². The van der Waals surface area contributed by atoms with Crippen LogP contribution in [0.5, 0.6) is 0 Å². The molecule has 0 heterocycles. The Balaban J connectivity index is 1.97. The Kier molecular flexibility index (Phi) is 4.88. The summed E-state index contributed by atoms with van der Waals surface area (Å²) in [5, 5.41) is 0. The van der Waals surface area contributed by atoms with Crippen LogP contribution in [0.25, 0.3) is 0 Å². The Labute approximate surface area is 150 Å². The largest absolute Gasteiger partial charge is 0.0786 e. The molecular formula is C17H15Br2I. The van der Waals surface area contributed by atoms with Crippen LogP contribution >= 0.6 is 54.5 Å². The van der Waals surface area contributed by atoms with Crippen molar-refractivity contribution in [3.05, 3.63) is 66.7 Å². The van der Waals surface area contributed by atoms with Crippen molar-refractivity contribution < 1.29 is 0 Å². The van der Waals surface area contributed by atoms with Gasteiger partial charge in [-0.2, -0.15) is 0 Å². The van der Waals surface area contributed by atoms with Gasteiger partial charge in [0.1, 0.15) is 0 Å². The van der Waals surface area contributed by atoms with Gasteiger partial charge in [-0.3, -0.25) is 0 Å². The van der Waals surface area contributed by atoms with E-state index in [1.54, 1.807) is 11.1 Å². The molecule has 3 heteroatoms. The summed E-state index contributed by atoms with van der Waals surface area (Å²) in [6.07, 6.45) is 5.15. The normalized spacial score (nSPS) is 15.8. The summed E-state index contributed by atoms with van der Waals surface area (Å²) in [5.41, 5.74) is 5.78. The molecule has 0 fully saturated rings. The fourth-order valence-electron chi connectivity index (χ4n) is 2.80. The van der Waals surface area contributed by atoms with E-state index in [1.165, 1.54) is 40.4 Å². The monoisotopic (exact) mass is 504 g/mol. The van der Waals surface area contributed by atoms with Crippen molar-refractivity contribution >= 4 is 54.5 Å². The van der Waals surface area contributed by atoms with E-state index in [0.717, 1.165) is 4.47 Å². The van der Waals surface area contributed by atoms with Crippen LogP contribution in [0.4, 0.5) is 0 Å². The smallest absolute Gasteiger partial charge is 0.0655 e. The molecule has 3 rings (SSSR count). The lowest BCUT2D eigenvalue weighted by Gasteiger charge is -2.19. The predicted octanol–water partition coefficient (Wildman–Crippen LogP) is 6.42. The molecule has 104 valence electrons. The van der Waals surface area contributed by atoms with Gasteiger partial charge in [0, 0.05) is 8.04 Å². The van der Waals surface area contributed by atoms with Crippen LogP contribution in [-0.4, -0.2) is 0 Å². The van der Waals surface area contributed by atoms with Crippen molar-refractivity contribution in [3.63, 3.8) is 0 Å². The second kappa shape index (κ2) is 6.49. The Morgan fingerprint density at radius 2 is 1.70 bits per heavy atom. The maximum atomic E-state index is 3.88. The van der Waals surface area contributed by atoms with Crippen molar-refractivity contribution in [1.82, 2.24) is 0 Å². The van der Waals surface area contributed by atoms with Gasteiger partial charge < -0.3 is 0 Å². The molecule has 20 heavy (non-hydrogen) atoms. The summed E-state index contributed by atoms with van der Waals surface area (Å²) >= 11 is 9.87. The molecule has 0 aliphatic heterocycles. The summed E-state index contributed by atoms with van der Waals surface area (Å²) in [7, 11) is 0. The maximum absolute atomic E-state index is 3.88. The Bertz CT molecular complexity index is 637. The lowest BCUT2D eigenvalue weighted by atomic mass is 9.89. The highest BCUT2D eigenvalue weighted by molar-refractivity contribution is 14.1. The number of benzene rings is 2. The van der Waals surface area contributed by atoms with E-state index in [-0.39, 0.29) is 4.83 Å². The Morgan fingerprint density at radius 3 is 2.50 bits per heavy atom. The first-order valence-corrected chi connectivity index (χ1v) is 9.64. The highest BCUT2D eigenvalue weighted by Gasteiger charge is 2.17. The van der Waals surface area contributed by atoms with Gasteiger partial charge in [-0.05, 0) is 88.7 Å². The average molecular weight is 506 g/mol. The molecule has 0 bridgehead atoms. The minimum atomic E-state index is 0.263. The number of rotatable bonds is 2. The summed E-state index contributed by atoms with van der Waals surface area (Å²) in [4.78, 5) is 0.263. The van der Waals surface area contributed by atoms with Crippen LogP contribution in [-0.2, 0) is 12.8 Å². The first kappa shape index (κ1) is 15.0. The standard InChI is InChI=1S/C17H15Br2I/c18-14-7-8-16(20)15(10-14)17(19)13-6-5-11-3-1-2-4-12(11)9-13/h5-10,17H,1-4H2. The van der Waals surface area contributed by atoms with Gasteiger partial charge in [-0.1, -0.05) is 50.1 Å². The lowest BCUT2D eigenvalue weighted by molar-refractivity contribution is 0.684. The molecule has 1 atom stereocenters. The summed E-state index contributed by atoms with van der Waals surface area (Å²) in [5.74, 6) is 0. The quantitative estimate of drug-likeness (QED) is 0.326. The summed E-state index contributed by atoms with van der Waals surface area (Å²) in [6.45, 7) is 0. The number of alkyl halides is 1. The van der Waals surface area contributed by atoms with Crippen LogP contribution in [0.3, 0.4) is 0 Å². The average Bonchev–Trinajstić information content (AvgIpc) is 2.48. The fraction of sp³-hybridized carbons (Fsp3) is 0.294. The molecular weight excluding hydrogens is 491 g/mol. The van der Waals surface area contributed by atoms with E-state index in [0.29, 0.717) is 0 Å². The van der Waals surface area contributed by atoms with E-state index in [4.69, 9.17) is 0 Å². The molecule has 0 saturated carbocycles. The van der Waals surface area contributed by atoms with Crippen molar-refractivity contribution in [1.29, 1.82) is 0 Å². The molecule has 1 unspecified atom stereocenters. The fourth-order valence-corrected chi connectivity index (χ4v) is 4.92. The second-order valence-electron chi connectivity index (χ2n) is 5.26. The molecule has 0 saturated heterocycles. The third-order valence-corrected chi connectivity index (χ3v) is 6.39. The van der Waals surface area contributed by atoms with Crippen molar-refractivity contribution in [3.8, 4) is 0 Å². The highest BCUT2D eigenvalue weighted by Crippen LogP contribution is 2.36. The summed E-state index contributed by atoms with van der Waals surface area (Å²) in [6, 6.07) is 13.5. The van der Waals surface area contributed by atoms with Crippen LogP contribution in [0.1, 0.15) is 39.9 Å². The second-order valence-corrected chi connectivity index (χ2v) is 8.26. The lowest BCUT2D eigenvalue weighted by Crippen LogP contribution is -2.04. The number of aryl methyl sites for hydroxylation is 2. The molecule has 0 amide bonds. The molecule has 0 spiro atoms. The topological polar surface area (TPSA) is 0 Å². The molecule has 2 aromatic carbocycles. The molecule has 0 radical (unpaired) electrons. The predicted molar refractivity (Wildman–Crippen MR) is 101 cm³/mol. The number of halogens is 3. The molecule has 0 aromatic heterocycles. The van der Waals surface area contributed by atoms with Crippen LogP contribution in [0.2, 0.25) is 0 Å². The molecule has 1 aliphatic carbocycles. The Morgan fingerprint density at radius 1 is 0.950 bits per heavy atom. The maximum Gasteiger partial charge on any atom is 0.0655 e. The zero-order valence-corrected chi connectivity index (χ0v) is 16.3. The minimum absolute atomic E-state index is 0.263.